The van der Waals surface area contributed by atoms with E-state index in [-0.39, 0.29) is 17.6 Å². The lowest BCUT2D eigenvalue weighted by Gasteiger charge is -2.21. The Balaban J connectivity index is 1.65. The molecule has 2 N–H and O–H groups in total. The summed E-state index contributed by atoms with van der Waals surface area (Å²) in [5.74, 6) is 0.655. The lowest BCUT2D eigenvalue weighted by molar-refractivity contribution is 0.636. The lowest BCUT2D eigenvalue weighted by atomic mass is 10.0. The van der Waals surface area contributed by atoms with Gasteiger partial charge >= 0.3 is 0 Å². The second-order valence-corrected chi connectivity index (χ2v) is 7.87. The largest absolute Gasteiger partial charge is 0.361 e. The lowest BCUT2D eigenvalue weighted by Crippen LogP contribution is -2.26. The van der Waals surface area contributed by atoms with E-state index in [0.29, 0.717) is 16.5 Å². The zero-order valence-electron chi connectivity index (χ0n) is 15.7. The second kappa shape index (κ2) is 6.34. The minimum atomic E-state index is -0.123. The van der Waals surface area contributed by atoms with E-state index >= 15 is 0 Å². The van der Waals surface area contributed by atoms with E-state index in [9.17, 15) is 4.79 Å². The SMILES string of the molecule is Cc1cccc2cc([C@H](C)Nc3ncnc4[nH]cc(Cl)c34)n(C3CC3)c(=O)c12. The Hall–Kier alpha value is -2.86. The molecule has 7 heteroatoms. The molecule has 0 unspecified atom stereocenters. The van der Waals surface area contributed by atoms with E-state index in [1.165, 1.54) is 6.33 Å². The van der Waals surface area contributed by atoms with Crippen LogP contribution in [0.2, 0.25) is 5.02 Å². The number of aromatic amines is 1. The van der Waals surface area contributed by atoms with Crippen molar-refractivity contribution in [3.8, 4) is 0 Å². The molecule has 1 aromatic carbocycles. The third-order valence-electron chi connectivity index (χ3n) is 5.45. The molecule has 3 heterocycles. The maximum atomic E-state index is 13.3. The van der Waals surface area contributed by atoms with Crippen LogP contribution in [0.3, 0.4) is 0 Å². The molecule has 1 fully saturated rings. The van der Waals surface area contributed by atoms with Crippen LogP contribution in [0.25, 0.3) is 21.8 Å². The molecule has 142 valence electrons. The molecule has 1 saturated carbocycles. The van der Waals surface area contributed by atoms with Crippen LogP contribution >= 0.6 is 11.6 Å². The summed E-state index contributed by atoms with van der Waals surface area (Å²) in [7, 11) is 0. The van der Waals surface area contributed by atoms with E-state index in [4.69, 9.17) is 11.6 Å². The van der Waals surface area contributed by atoms with Gasteiger partial charge in [0.1, 0.15) is 17.8 Å². The Morgan fingerprint density at radius 1 is 1.29 bits per heavy atom. The van der Waals surface area contributed by atoms with Crippen molar-refractivity contribution in [3.63, 3.8) is 0 Å². The Morgan fingerprint density at radius 2 is 2.11 bits per heavy atom. The molecule has 1 atom stereocenters. The fraction of sp³-hybridized carbons (Fsp3) is 0.286. The number of benzene rings is 1. The van der Waals surface area contributed by atoms with Crippen molar-refractivity contribution in [3.05, 3.63) is 63.4 Å². The highest BCUT2D eigenvalue weighted by molar-refractivity contribution is 6.36. The first-order valence-corrected chi connectivity index (χ1v) is 9.81. The maximum Gasteiger partial charge on any atom is 0.259 e. The molecule has 5 rings (SSSR count). The van der Waals surface area contributed by atoms with Crippen LogP contribution in [-0.4, -0.2) is 19.5 Å². The normalized spacial score (nSPS) is 15.2. The summed E-state index contributed by atoms with van der Waals surface area (Å²) >= 11 is 6.31. The van der Waals surface area contributed by atoms with Gasteiger partial charge in [-0.1, -0.05) is 29.8 Å². The van der Waals surface area contributed by atoms with Crippen molar-refractivity contribution in [1.82, 2.24) is 19.5 Å². The second-order valence-electron chi connectivity index (χ2n) is 7.46. The molecule has 4 aromatic rings. The average Bonchev–Trinajstić information content (AvgIpc) is 3.44. The van der Waals surface area contributed by atoms with E-state index in [2.05, 4.69) is 26.3 Å². The van der Waals surface area contributed by atoms with Crippen LogP contribution < -0.4 is 10.9 Å². The molecule has 1 aliphatic rings. The summed E-state index contributed by atoms with van der Waals surface area (Å²) in [6.07, 6.45) is 5.29. The molecule has 6 nitrogen and oxygen atoms in total. The number of fused-ring (bicyclic) bond motifs is 2. The molecule has 0 radical (unpaired) electrons. The van der Waals surface area contributed by atoms with E-state index in [0.717, 1.165) is 40.3 Å². The Bertz CT molecular complexity index is 1270. The summed E-state index contributed by atoms with van der Waals surface area (Å²) < 4.78 is 1.96. The van der Waals surface area contributed by atoms with E-state index in [1.54, 1.807) is 6.20 Å². The number of anilines is 1. The summed E-state index contributed by atoms with van der Waals surface area (Å²) in [6.45, 7) is 4.04. The summed E-state index contributed by atoms with van der Waals surface area (Å²) in [4.78, 5) is 25.0. The van der Waals surface area contributed by atoms with Gasteiger partial charge in [0, 0.05) is 17.9 Å². The van der Waals surface area contributed by atoms with E-state index < -0.39 is 0 Å². The monoisotopic (exact) mass is 393 g/mol. The van der Waals surface area contributed by atoms with Gasteiger partial charge in [-0.05, 0) is 43.7 Å². The van der Waals surface area contributed by atoms with Gasteiger partial charge in [-0.25, -0.2) is 9.97 Å². The van der Waals surface area contributed by atoms with Gasteiger partial charge in [0.25, 0.3) is 5.56 Å². The van der Waals surface area contributed by atoms with Crippen molar-refractivity contribution in [2.45, 2.75) is 38.8 Å². The number of halogens is 1. The number of aryl methyl sites for hydroxylation is 1. The number of rotatable bonds is 4. The van der Waals surface area contributed by atoms with Gasteiger partial charge in [-0.3, -0.25) is 4.79 Å². The van der Waals surface area contributed by atoms with Crippen LogP contribution in [-0.2, 0) is 0 Å². The predicted molar refractivity (Wildman–Crippen MR) is 112 cm³/mol. The first-order valence-electron chi connectivity index (χ1n) is 9.43. The third-order valence-corrected chi connectivity index (χ3v) is 5.75. The molecular formula is C21H20ClN5O. The fourth-order valence-corrected chi connectivity index (χ4v) is 4.16. The molecule has 1 aliphatic carbocycles. The molecule has 0 bridgehead atoms. The van der Waals surface area contributed by atoms with Crippen LogP contribution in [0.1, 0.15) is 43.1 Å². The first-order chi connectivity index (χ1) is 13.5. The van der Waals surface area contributed by atoms with Gasteiger partial charge < -0.3 is 14.9 Å². The Labute approximate surface area is 166 Å². The number of pyridine rings is 1. The maximum absolute atomic E-state index is 13.3. The molecule has 0 aliphatic heterocycles. The zero-order valence-corrected chi connectivity index (χ0v) is 16.4. The van der Waals surface area contributed by atoms with Crippen molar-refractivity contribution < 1.29 is 0 Å². The molecule has 0 spiro atoms. The Morgan fingerprint density at radius 3 is 2.89 bits per heavy atom. The van der Waals surface area contributed by atoms with Crippen molar-refractivity contribution in [2.24, 2.45) is 0 Å². The number of nitrogens with zero attached hydrogens (tertiary/aromatic N) is 3. The number of hydrogen-bond donors (Lipinski definition) is 2. The number of H-pyrrole nitrogens is 1. The smallest absolute Gasteiger partial charge is 0.259 e. The molecule has 28 heavy (non-hydrogen) atoms. The summed E-state index contributed by atoms with van der Waals surface area (Å²) in [5, 5.41) is 6.55. The van der Waals surface area contributed by atoms with E-state index in [1.807, 2.05) is 36.6 Å². The van der Waals surface area contributed by atoms with Crippen molar-refractivity contribution in [1.29, 1.82) is 0 Å². The first kappa shape index (κ1) is 17.3. The van der Waals surface area contributed by atoms with Crippen LogP contribution in [0, 0.1) is 6.92 Å². The molecule has 0 amide bonds. The third kappa shape index (κ3) is 2.67. The minimum Gasteiger partial charge on any atom is -0.361 e. The number of aromatic nitrogens is 4. The van der Waals surface area contributed by atoms with Crippen LogP contribution in [0.4, 0.5) is 5.82 Å². The molecule has 0 saturated heterocycles. The van der Waals surface area contributed by atoms with Gasteiger partial charge in [-0.15, -0.1) is 0 Å². The number of nitrogens with one attached hydrogen (secondary N) is 2. The summed E-state index contributed by atoms with van der Waals surface area (Å²) in [6, 6.07) is 8.26. The summed E-state index contributed by atoms with van der Waals surface area (Å²) in [5.41, 5.74) is 2.75. The highest BCUT2D eigenvalue weighted by Gasteiger charge is 2.29. The average molecular weight is 394 g/mol. The topological polar surface area (TPSA) is 75.6 Å². The Kier molecular flexibility index (Phi) is 3.91. The van der Waals surface area contributed by atoms with Crippen LogP contribution in [0.15, 0.2) is 41.6 Å². The predicted octanol–water partition coefficient (Wildman–Crippen LogP) is 4.74. The standard InChI is InChI=1S/C21H20ClN5O/c1-11-4-3-5-13-8-16(27(14-6-7-14)21(28)17(11)13)12(2)26-20-18-15(22)9-23-19(18)24-10-25-20/h3-5,8-10,12,14H,6-7H2,1-2H3,(H2,23,24,25,26)/t12-/m0/s1. The van der Waals surface area contributed by atoms with Gasteiger partial charge in [0.15, 0.2) is 0 Å². The van der Waals surface area contributed by atoms with Crippen molar-refractivity contribution >= 4 is 39.2 Å². The highest BCUT2D eigenvalue weighted by Crippen LogP contribution is 2.38. The van der Waals surface area contributed by atoms with Gasteiger partial charge in [-0.2, -0.15) is 0 Å². The number of hydrogen-bond acceptors (Lipinski definition) is 4. The molecule has 3 aromatic heterocycles. The minimum absolute atomic E-state index is 0.0919. The molecular weight excluding hydrogens is 374 g/mol. The quantitative estimate of drug-likeness (QED) is 0.525. The van der Waals surface area contributed by atoms with Gasteiger partial charge in [0.05, 0.1) is 21.8 Å². The fourth-order valence-electron chi connectivity index (χ4n) is 3.93. The van der Waals surface area contributed by atoms with Crippen molar-refractivity contribution in [2.75, 3.05) is 5.32 Å². The highest BCUT2D eigenvalue weighted by atomic mass is 35.5. The van der Waals surface area contributed by atoms with Gasteiger partial charge in [0.2, 0.25) is 0 Å². The van der Waals surface area contributed by atoms with Crippen LogP contribution in [0.5, 0.6) is 0 Å². The zero-order chi connectivity index (χ0) is 19.4.